The third-order valence-electron chi connectivity index (χ3n) is 2.64. The first-order valence-electron chi connectivity index (χ1n) is 5.42. The predicted octanol–water partition coefficient (Wildman–Crippen LogP) is -0.199. The number of aromatic nitrogens is 2. The molecule has 5 N–H and O–H groups in total. The van der Waals surface area contributed by atoms with Gasteiger partial charge in [-0.2, -0.15) is 13.2 Å². The molecule has 1 aromatic rings. The summed E-state index contributed by atoms with van der Waals surface area (Å²) in [6.07, 6.45) is -2.66. The molecular formula is C10H13F3N4O3. The van der Waals surface area contributed by atoms with Crippen molar-refractivity contribution in [3.8, 4) is 0 Å². The number of carbonyl (C=O) groups is 2. The molecule has 1 amide bonds. The van der Waals surface area contributed by atoms with Crippen molar-refractivity contribution in [3.05, 3.63) is 18.2 Å². The largest absolute Gasteiger partial charge is 0.480 e. The molecule has 10 heteroatoms. The zero-order valence-electron chi connectivity index (χ0n) is 10.4. The summed E-state index contributed by atoms with van der Waals surface area (Å²) in [5.74, 6) is -3.09. The van der Waals surface area contributed by atoms with Crippen LogP contribution in [0.3, 0.4) is 0 Å². The van der Waals surface area contributed by atoms with E-state index in [4.69, 9.17) is 10.8 Å². The van der Waals surface area contributed by atoms with Gasteiger partial charge in [-0.15, -0.1) is 0 Å². The Morgan fingerprint density at radius 2 is 2.15 bits per heavy atom. The van der Waals surface area contributed by atoms with Gasteiger partial charge in [0.25, 0.3) is 0 Å². The lowest BCUT2D eigenvalue weighted by Crippen LogP contribution is -2.63. The molecule has 1 aromatic heterocycles. The minimum absolute atomic E-state index is 0.241. The normalized spacial score (nSPS) is 16.2. The number of nitrogens with zero attached hydrogens (tertiary/aromatic N) is 1. The summed E-state index contributed by atoms with van der Waals surface area (Å²) in [6.45, 7) is 0.470. The molecular weight excluding hydrogens is 281 g/mol. The van der Waals surface area contributed by atoms with Crippen LogP contribution in [-0.4, -0.2) is 44.7 Å². The van der Waals surface area contributed by atoms with E-state index >= 15 is 0 Å². The number of halogens is 3. The average Bonchev–Trinajstić information content (AvgIpc) is 2.78. The number of carbonyl (C=O) groups excluding carboxylic acids is 1. The fourth-order valence-corrected chi connectivity index (χ4v) is 1.25. The van der Waals surface area contributed by atoms with Crippen LogP contribution in [0.5, 0.6) is 0 Å². The number of aromatic amines is 1. The predicted molar refractivity (Wildman–Crippen MR) is 60.5 cm³/mol. The van der Waals surface area contributed by atoms with Crippen molar-refractivity contribution in [1.82, 2.24) is 15.3 Å². The number of rotatable bonds is 5. The molecule has 0 bridgehead atoms. The van der Waals surface area contributed by atoms with E-state index < -0.39 is 29.6 Å². The van der Waals surface area contributed by atoms with Gasteiger partial charge in [0, 0.05) is 18.3 Å². The Morgan fingerprint density at radius 3 is 2.55 bits per heavy atom. The van der Waals surface area contributed by atoms with Gasteiger partial charge in [0.2, 0.25) is 5.91 Å². The number of H-pyrrole nitrogens is 1. The molecule has 0 saturated heterocycles. The van der Waals surface area contributed by atoms with E-state index in [0.29, 0.717) is 12.6 Å². The summed E-state index contributed by atoms with van der Waals surface area (Å²) < 4.78 is 37.7. The third-order valence-corrected chi connectivity index (χ3v) is 2.64. The molecule has 0 radical (unpaired) electrons. The van der Waals surface area contributed by atoms with Crippen molar-refractivity contribution in [3.63, 3.8) is 0 Å². The highest BCUT2D eigenvalue weighted by atomic mass is 19.4. The summed E-state index contributed by atoms with van der Waals surface area (Å²) in [5, 5.41) is 10.7. The van der Waals surface area contributed by atoms with Gasteiger partial charge in [0.15, 0.2) is 5.54 Å². The molecule has 0 saturated carbocycles. The number of hydrogen-bond acceptors (Lipinski definition) is 4. The molecule has 20 heavy (non-hydrogen) atoms. The van der Waals surface area contributed by atoms with Gasteiger partial charge in [0.05, 0.1) is 6.33 Å². The monoisotopic (exact) mass is 294 g/mol. The van der Waals surface area contributed by atoms with Crippen LogP contribution in [-0.2, 0) is 16.0 Å². The molecule has 2 unspecified atom stereocenters. The Kier molecular flexibility index (Phi) is 4.38. The van der Waals surface area contributed by atoms with Crippen LogP contribution in [0.2, 0.25) is 0 Å². The van der Waals surface area contributed by atoms with Crippen molar-refractivity contribution < 1.29 is 27.9 Å². The van der Waals surface area contributed by atoms with E-state index in [1.54, 1.807) is 5.32 Å². The number of amides is 1. The SMILES string of the molecule is CC(N)(C(=O)NC(Cc1cnc[nH]1)C(=O)O)C(F)(F)F. The second-order valence-electron chi connectivity index (χ2n) is 4.35. The number of imidazole rings is 1. The number of nitrogens with one attached hydrogen (secondary N) is 2. The van der Waals surface area contributed by atoms with Crippen LogP contribution in [0.15, 0.2) is 12.5 Å². The number of alkyl halides is 3. The fraction of sp³-hybridized carbons (Fsp3) is 0.500. The van der Waals surface area contributed by atoms with Gasteiger partial charge in [-0.05, 0) is 6.92 Å². The minimum atomic E-state index is -4.99. The van der Waals surface area contributed by atoms with Gasteiger partial charge in [0.1, 0.15) is 6.04 Å². The first-order chi connectivity index (χ1) is 9.05. The van der Waals surface area contributed by atoms with Crippen LogP contribution in [0.25, 0.3) is 0 Å². The summed E-state index contributed by atoms with van der Waals surface area (Å²) in [5.41, 5.74) is 2.09. The molecule has 0 fully saturated rings. The lowest BCUT2D eigenvalue weighted by Gasteiger charge is -2.27. The van der Waals surface area contributed by atoms with E-state index in [9.17, 15) is 22.8 Å². The van der Waals surface area contributed by atoms with Crippen LogP contribution in [0.1, 0.15) is 12.6 Å². The van der Waals surface area contributed by atoms with Gasteiger partial charge in [-0.3, -0.25) is 4.79 Å². The standard InChI is InChI=1S/C10H13F3N4O3/c1-9(14,10(11,12)13)8(20)17-6(7(18)19)2-5-3-15-4-16-5/h3-4,6H,2,14H2,1H3,(H,15,16)(H,17,20)(H,18,19). The molecule has 0 aromatic carbocycles. The third kappa shape index (κ3) is 3.47. The first kappa shape index (κ1) is 16.0. The van der Waals surface area contributed by atoms with Crippen LogP contribution in [0, 0.1) is 0 Å². The van der Waals surface area contributed by atoms with Crippen molar-refractivity contribution >= 4 is 11.9 Å². The maximum absolute atomic E-state index is 12.6. The summed E-state index contributed by atoms with van der Waals surface area (Å²) in [6, 6.07) is -1.55. The number of carboxylic acids is 1. The zero-order chi connectivity index (χ0) is 15.6. The second kappa shape index (κ2) is 5.49. The second-order valence-corrected chi connectivity index (χ2v) is 4.35. The number of hydrogen-bond donors (Lipinski definition) is 4. The van der Waals surface area contributed by atoms with Gasteiger partial charge in [-0.25, -0.2) is 9.78 Å². The van der Waals surface area contributed by atoms with Gasteiger partial charge < -0.3 is 21.1 Å². The summed E-state index contributed by atoms with van der Waals surface area (Å²) in [4.78, 5) is 28.7. The smallest absolute Gasteiger partial charge is 0.415 e. The molecule has 0 aliphatic carbocycles. The van der Waals surface area contributed by atoms with Gasteiger partial charge in [-0.1, -0.05) is 0 Å². The maximum Gasteiger partial charge on any atom is 0.415 e. The topological polar surface area (TPSA) is 121 Å². The van der Waals surface area contributed by atoms with Crippen molar-refractivity contribution in [1.29, 1.82) is 0 Å². The van der Waals surface area contributed by atoms with Crippen molar-refractivity contribution in [2.45, 2.75) is 31.1 Å². The Morgan fingerprint density at radius 1 is 1.55 bits per heavy atom. The van der Waals surface area contributed by atoms with E-state index in [2.05, 4.69) is 9.97 Å². The average molecular weight is 294 g/mol. The number of nitrogens with two attached hydrogens (primary N) is 1. The highest BCUT2D eigenvalue weighted by molar-refractivity contribution is 5.90. The Bertz CT molecular complexity index is 484. The molecule has 2 atom stereocenters. The molecule has 1 rings (SSSR count). The molecule has 0 aliphatic rings. The Balaban J connectivity index is 2.81. The lowest BCUT2D eigenvalue weighted by atomic mass is 10.0. The molecule has 0 aliphatic heterocycles. The minimum Gasteiger partial charge on any atom is -0.480 e. The summed E-state index contributed by atoms with van der Waals surface area (Å²) >= 11 is 0. The van der Waals surface area contributed by atoms with E-state index in [1.807, 2.05) is 0 Å². The van der Waals surface area contributed by atoms with E-state index in [1.165, 1.54) is 12.5 Å². The van der Waals surface area contributed by atoms with Crippen LogP contribution < -0.4 is 11.1 Å². The Hall–Kier alpha value is -2.10. The van der Waals surface area contributed by atoms with E-state index in [-0.39, 0.29) is 6.42 Å². The number of aliphatic carboxylic acids is 1. The zero-order valence-corrected chi connectivity index (χ0v) is 10.4. The highest BCUT2D eigenvalue weighted by Crippen LogP contribution is 2.28. The van der Waals surface area contributed by atoms with E-state index in [0.717, 1.165) is 0 Å². The fourth-order valence-electron chi connectivity index (χ4n) is 1.25. The highest BCUT2D eigenvalue weighted by Gasteiger charge is 2.54. The van der Waals surface area contributed by atoms with Crippen LogP contribution in [0.4, 0.5) is 13.2 Å². The first-order valence-corrected chi connectivity index (χ1v) is 5.42. The Labute approximate surface area is 111 Å². The maximum atomic E-state index is 12.6. The molecule has 7 nitrogen and oxygen atoms in total. The summed E-state index contributed by atoms with van der Waals surface area (Å²) in [7, 11) is 0. The molecule has 112 valence electrons. The molecule has 0 spiro atoms. The quantitative estimate of drug-likeness (QED) is 0.599. The lowest BCUT2D eigenvalue weighted by molar-refractivity contribution is -0.188. The van der Waals surface area contributed by atoms with Gasteiger partial charge >= 0.3 is 12.1 Å². The van der Waals surface area contributed by atoms with Crippen molar-refractivity contribution in [2.24, 2.45) is 5.73 Å². The van der Waals surface area contributed by atoms with Crippen LogP contribution >= 0.6 is 0 Å². The molecule has 1 heterocycles. The number of carboxylic acid groups (broad SMARTS) is 1. The van der Waals surface area contributed by atoms with Crippen molar-refractivity contribution in [2.75, 3.05) is 0 Å².